The Hall–Kier alpha value is -2.40. The van der Waals surface area contributed by atoms with E-state index in [2.05, 4.69) is 22.1 Å². The minimum absolute atomic E-state index is 0.000785. The fourth-order valence-corrected chi connectivity index (χ4v) is 4.11. The van der Waals surface area contributed by atoms with Gasteiger partial charge in [0, 0.05) is 23.3 Å². The molecule has 2 aromatic rings. The van der Waals surface area contributed by atoms with E-state index in [1.165, 1.54) is 12.8 Å². The third-order valence-corrected chi connectivity index (χ3v) is 5.71. The van der Waals surface area contributed by atoms with Crippen molar-refractivity contribution in [3.63, 3.8) is 0 Å². The molecule has 5 nitrogen and oxygen atoms in total. The lowest BCUT2D eigenvalue weighted by Gasteiger charge is -2.49. The maximum absolute atomic E-state index is 12.7. The summed E-state index contributed by atoms with van der Waals surface area (Å²) in [5.74, 6) is 1.99. The van der Waals surface area contributed by atoms with Gasteiger partial charge in [0.2, 0.25) is 0 Å². The van der Waals surface area contributed by atoms with Crippen LogP contribution in [0.1, 0.15) is 35.8 Å². The van der Waals surface area contributed by atoms with E-state index in [9.17, 15) is 4.79 Å². The van der Waals surface area contributed by atoms with Crippen molar-refractivity contribution in [2.45, 2.75) is 38.8 Å². The number of hydrogen-bond donors (Lipinski definition) is 1. The van der Waals surface area contributed by atoms with Gasteiger partial charge in [-0.25, -0.2) is 0 Å². The predicted molar refractivity (Wildman–Crippen MR) is 101 cm³/mol. The summed E-state index contributed by atoms with van der Waals surface area (Å²) < 4.78 is 5.77. The van der Waals surface area contributed by atoms with Crippen LogP contribution >= 0.6 is 0 Å². The Bertz CT molecular complexity index is 763. The number of carbonyl (C=O) groups excluding carboxylic acids is 1. The molecule has 4 heterocycles. The second-order valence-electron chi connectivity index (χ2n) is 7.37. The van der Waals surface area contributed by atoms with Crippen molar-refractivity contribution in [1.82, 2.24) is 15.2 Å². The molecular formula is C21H25N3O2. The highest BCUT2D eigenvalue weighted by Gasteiger charge is 2.40. The number of hydrogen-bond acceptors (Lipinski definition) is 4. The highest BCUT2D eigenvalue weighted by molar-refractivity contribution is 5.94. The van der Waals surface area contributed by atoms with Gasteiger partial charge in [-0.05, 0) is 82.1 Å². The number of carbonyl (C=O) groups is 1. The summed E-state index contributed by atoms with van der Waals surface area (Å²) in [7, 11) is 0. The van der Waals surface area contributed by atoms with E-state index in [1.54, 1.807) is 6.20 Å². The van der Waals surface area contributed by atoms with E-state index >= 15 is 0 Å². The number of ether oxygens (including phenoxy) is 1. The van der Waals surface area contributed by atoms with E-state index in [1.807, 2.05) is 43.3 Å². The highest BCUT2D eigenvalue weighted by atomic mass is 16.5. The quantitative estimate of drug-likeness (QED) is 0.917. The van der Waals surface area contributed by atoms with Gasteiger partial charge in [0.1, 0.15) is 11.5 Å². The van der Waals surface area contributed by atoms with Crippen LogP contribution in [0.3, 0.4) is 0 Å². The second-order valence-corrected chi connectivity index (χ2v) is 7.37. The Kier molecular flexibility index (Phi) is 4.64. The molecule has 0 unspecified atom stereocenters. The molecule has 5 heteroatoms. The third kappa shape index (κ3) is 3.44. The molecule has 3 fully saturated rings. The van der Waals surface area contributed by atoms with E-state index in [0.29, 0.717) is 29.0 Å². The van der Waals surface area contributed by atoms with Crippen LogP contribution in [0.15, 0.2) is 42.6 Å². The largest absolute Gasteiger partial charge is 0.456 e. The number of aromatic nitrogens is 1. The summed E-state index contributed by atoms with van der Waals surface area (Å²) in [4.78, 5) is 19.4. The number of piperidine rings is 3. The van der Waals surface area contributed by atoms with E-state index in [4.69, 9.17) is 4.74 Å². The van der Waals surface area contributed by atoms with E-state index < -0.39 is 0 Å². The van der Waals surface area contributed by atoms with Crippen molar-refractivity contribution in [2.75, 3.05) is 13.1 Å². The molecule has 3 aliphatic rings. The maximum Gasteiger partial charge on any atom is 0.251 e. The summed E-state index contributed by atoms with van der Waals surface area (Å²) in [5.41, 5.74) is 1.62. The number of fused-ring (bicyclic) bond motifs is 3. The van der Waals surface area contributed by atoms with E-state index in [0.717, 1.165) is 18.8 Å². The second kappa shape index (κ2) is 7.08. The molecule has 1 aromatic heterocycles. The Labute approximate surface area is 154 Å². The topological polar surface area (TPSA) is 54.5 Å². The predicted octanol–water partition coefficient (Wildman–Crippen LogP) is 3.39. The van der Waals surface area contributed by atoms with Crippen LogP contribution < -0.4 is 10.1 Å². The first-order valence-corrected chi connectivity index (χ1v) is 9.35. The number of amides is 1. The summed E-state index contributed by atoms with van der Waals surface area (Å²) >= 11 is 0. The van der Waals surface area contributed by atoms with Crippen molar-refractivity contribution >= 4 is 5.91 Å². The first-order valence-electron chi connectivity index (χ1n) is 9.35. The number of benzene rings is 1. The fourth-order valence-electron chi connectivity index (χ4n) is 4.11. The average Bonchev–Trinajstić information content (AvgIpc) is 2.67. The zero-order chi connectivity index (χ0) is 18.1. The molecule has 0 saturated carbocycles. The van der Waals surface area contributed by atoms with Gasteiger partial charge in [-0.15, -0.1) is 0 Å². The minimum Gasteiger partial charge on any atom is -0.456 e. The first kappa shape index (κ1) is 17.0. The first-order chi connectivity index (χ1) is 12.6. The van der Waals surface area contributed by atoms with Crippen LogP contribution in [-0.4, -0.2) is 41.0 Å². The molecule has 3 aliphatic heterocycles. The van der Waals surface area contributed by atoms with Gasteiger partial charge in [0.25, 0.3) is 5.91 Å². The van der Waals surface area contributed by atoms with Crippen molar-refractivity contribution in [3.05, 3.63) is 53.9 Å². The van der Waals surface area contributed by atoms with Gasteiger partial charge in [-0.1, -0.05) is 0 Å². The Balaban J connectivity index is 1.40. The van der Waals surface area contributed by atoms with Crippen LogP contribution in [-0.2, 0) is 0 Å². The molecular weight excluding hydrogens is 326 g/mol. The zero-order valence-corrected chi connectivity index (χ0v) is 15.3. The van der Waals surface area contributed by atoms with Crippen LogP contribution in [0.2, 0.25) is 0 Å². The number of rotatable bonds is 4. The smallest absolute Gasteiger partial charge is 0.251 e. The molecule has 0 spiro atoms. The van der Waals surface area contributed by atoms with Gasteiger partial charge in [0.05, 0.1) is 6.20 Å². The number of nitrogens with one attached hydrogen (secondary N) is 1. The summed E-state index contributed by atoms with van der Waals surface area (Å²) in [6, 6.07) is 11.8. The Morgan fingerprint density at radius 3 is 2.42 bits per heavy atom. The zero-order valence-electron chi connectivity index (χ0n) is 15.3. The van der Waals surface area contributed by atoms with Crippen molar-refractivity contribution in [1.29, 1.82) is 0 Å². The summed E-state index contributed by atoms with van der Waals surface area (Å²) in [6.45, 7) is 6.49. The highest BCUT2D eigenvalue weighted by Crippen LogP contribution is 2.32. The lowest BCUT2D eigenvalue weighted by molar-refractivity contribution is 0.0217. The normalized spacial score (nSPS) is 27.2. The molecule has 26 heavy (non-hydrogen) atoms. The molecule has 0 radical (unpaired) electrons. The Morgan fingerprint density at radius 2 is 1.81 bits per heavy atom. The number of pyridine rings is 1. The van der Waals surface area contributed by atoms with Gasteiger partial charge in [-0.3, -0.25) is 14.7 Å². The van der Waals surface area contributed by atoms with Crippen molar-refractivity contribution in [3.8, 4) is 11.5 Å². The lowest BCUT2D eigenvalue weighted by atomic mass is 9.79. The monoisotopic (exact) mass is 351 g/mol. The fraction of sp³-hybridized carbons (Fsp3) is 0.429. The molecule has 2 bridgehead atoms. The molecule has 1 aromatic carbocycles. The average molecular weight is 351 g/mol. The van der Waals surface area contributed by atoms with Gasteiger partial charge in [0.15, 0.2) is 0 Å². The molecule has 5 rings (SSSR count). The van der Waals surface area contributed by atoms with Crippen LogP contribution in [0, 0.1) is 12.8 Å². The van der Waals surface area contributed by atoms with Gasteiger partial charge < -0.3 is 10.1 Å². The van der Waals surface area contributed by atoms with Crippen LogP contribution in [0.5, 0.6) is 11.5 Å². The number of aryl methyl sites for hydroxylation is 1. The number of nitrogens with zero attached hydrogens (tertiary/aromatic N) is 2. The van der Waals surface area contributed by atoms with Crippen LogP contribution in [0.4, 0.5) is 0 Å². The maximum atomic E-state index is 12.7. The third-order valence-electron chi connectivity index (χ3n) is 5.71. The molecule has 3 saturated heterocycles. The molecule has 0 aliphatic carbocycles. The van der Waals surface area contributed by atoms with Crippen molar-refractivity contribution in [2.24, 2.45) is 5.92 Å². The summed E-state index contributed by atoms with van der Waals surface area (Å²) in [6.07, 6.45) is 4.07. The SMILES string of the molecule is Cc1ccc(Oc2ccc(C(=O)N[C@@H]3C4CCN(CC4)[C@@H]3C)cc2)cn1. The molecule has 1 N–H and O–H groups in total. The lowest BCUT2D eigenvalue weighted by Crippen LogP contribution is -2.62. The Morgan fingerprint density at radius 1 is 1.12 bits per heavy atom. The molecule has 1 amide bonds. The standard InChI is InChI=1S/C21H25N3O2/c1-14-3-6-19(13-22-14)26-18-7-4-17(5-8-18)21(25)23-20-15(2)24-11-9-16(20)10-12-24/h3-8,13,15-16,20H,9-12H2,1-2H3,(H,23,25)/t15-,20+/m1/s1. The van der Waals surface area contributed by atoms with Gasteiger partial charge in [-0.2, -0.15) is 0 Å². The van der Waals surface area contributed by atoms with Gasteiger partial charge >= 0.3 is 0 Å². The van der Waals surface area contributed by atoms with Crippen molar-refractivity contribution < 1.29 is 9.53 Å². The molecule has 136 valence electrons. The van der Waals surface area contributed by atoms with Crippen LogP contribution in [0.25, 0.3) is 0 Å². The minimum atomic E-state index is -0.000785. The summed E-state index contributed by atoms with van der Waals surface area (Å²) in [5, 5.41) is 3.26. The molecule has 2 atom stereocenters. The van der Waals surface area contributed by atoms with E-state index in [-0.39, 0.29) is 11.9 Å².